The number of rotatable bonds is 7. The molecule has 1 atom stereocenters. The summed E-state index contributed by atoms with van der Waals surface area (Å²) in [7, 11) is 0. The molecule has 3 nitrogen and oxygen atoms in total. The van der Waals surface area contributed by atoms with Crippen LogP contribution >= 0.6 is 0 Å². The summed E-state index contributed by atoms with van der Waals surface area (Å²) in [5.41, 5.74) is -0.353. The van der Waals surface area contributed by atoms with Gasteiger partial charge in [-0.05, 0) is 12.1 Å². The average molecular weight is 259 g/mol. The number of para-hydroxylation sites is 1. The largest absolute Gasteiger partial charge is 0.491 e. The Hall–Kier alpha value is -1.58. The second-order valence-electron chi connectivity index (χ2n) is 4.72. The predicted octanol–water partition coefficient (Wildman–Crippen LogP) is 2.90. The van der Waals surface area contributed by atoms with Crippen molar-refractivity contribution in [3.63, 3.8) is 0 Å². The van der Waals surface area contributed by atoms with Gasteiger partial charge in [-0.1, -0.05) is 30.4 Å². The van der Waals surface area contributed by atoms with Crippen LogP contribution in [0.5, 0.6) is 5.75 Å². The van der Waals surface area contributed by atoms with Gasteiger partial charge >= 0.3 is 0 Å². The van der Waals surface area contributed by atoms with Crippen LogP contribution in [0.1, 0.15) is 12.8 Å². The van der Waals surface area contributed by atoms with Crippen molar-refractivity contribution in [2.45, 2.75) is 24.7 Å². The fourth-order valence-corrected chi connectivity index (χ4v) is 2.29. The van der Waals surface area contributed by atoms with Crippen molar-refractivity contribution in [3.05, 3.63) is 55.6 Å². The molecule has 1 fully saturated rings. The summed E-state index contributed by atoms with van der Waals surface area (Å²) in [6.45, 7) is 8.90. The zero-order valence-electron chi connectivity index (χ0n) is 11.2. The summed E-state index contributed by atoms with van der Waals surface area (Å²) in [5, 5.41) is 3.41. The third-order valence-electron chi connectivity index (χ3n) is 3.17. The van der Waals surface area contributed by atoms with E-state index in [0.29, 0.717) is 6.61 Å². The lowest BCUT2D eigenvalue weighted by Crippen LogP contribution is -2.40. The number of hydrogen-bond donors (Lipinski definition) is 1. The normalized spacial score (nSPS) is 20.9. The molecular weight excluding hydrogens is 238 g/mol. The van der Waals surface area contributed by atoms with E-state index in [1.54, 1.807) is 0 Å². The van der Waals surface area contributed by atoms with Gasteiger partial charge in [-0.25, -0.2) is 0 Å². The molecule has 0 radical (unpaired) electrons. The zero-order chi connectivity index (χ0) is 13.6. The lowest BCUT2D eigenvalue weighted by Gasteiger charge is -2.27. The topological polar surface area (TPSA) is 30.5 Å². The van der Waals surface area contributed by atoms with Gasteiger partial charge in [0, 0.05) is 19.4 Å². The van der Waals surface area contributed by atoms with Gasteiger partial charge in [0.2, 0.25) is 0 Å². The van der Waals surface area contributed by atoms with Crippen LogP contribution in [-0.4, -0.2) is 25.0 Å². The van der Waals surface area contributed by atoms with Gasteiger partial charge in [0.25, 0.3) is 0 Å². The fraction of sp³-hybridized carbons (Fsp3) is 0.375. The highest BCUT2D eigenvalue weighted by atomic mass is 16.6. The van der Waals surface area contributed by atoms with Crippen LogP contribution in [0, 0.1) is 0 Å². The number of ether oxygens (including phenoxy) is 2. The summed E-state index contributed by atoms with van der Waals surface area (Å²) in [6.07, 6.45) is 5.33. The van der Waals surface area contributed by atoms with E-state index in [0.717, 1.165) is 25.1 Å². The van der Waals surface area contributed by atoms with Crippen molar-refractivity contribution in [2.75, 3.05) is 13.2 Å². The monoisotopic (exact) mass is 259 g/mol. The van der Waals surface area contributed by atoms with E-state index in [9.17, 15) is 0 Å². The highest BCUT2D eigenvalue weighted by Gasteiger charge is 2.37. The van der Waals surface area contributed by atoms with Gasteiger partial charge in [-0.3, -0.25) is 5.32 Å². The average Bonchev–Trinajstić information content (AvgIpc) is 2.82. The van der Waals surface area contributed by atoms with Crippen molar-refractivity contribution in [1.29, 1.82) is 0 Å². The Morgan fingerprint density at radius 1 is 1.26 bits per heavy atom. The molecule has 1 aliphatic rings. The quantitative estimate of drug-likeness (QED) is 0.764. The molecular formula is C16H21NO2. The van der Waals surface area contributed by atoms with E-state index < -0.39 is 0 Å². The van der Waals surface area contributed by atoms with Crippen LogP contribution in [0.2, 0.25) is 0 Å². The molecule has 1 N–H and O–H groups in total. The van der Waals surface area contributed by atoms with Crippen molar-refractivity contribution < 1.29 is 9.47 Å². The molecule has 1 aromatic carbocycles. The molecule has 102 valence electrons. The molecule has 1 aliphatic heterocycles. The minimum atomic E-state index is -0.353. The van der Waals surface area contributed by atoms with Gasteiger partial charge < -0.3 is 9.47 Å². The summed E-state index contributed by atoms with van der Waals surface area (Å²) in [4.78, 5) is 0. The van der Waals surface area contributed by atoms with E-state index in [2.05, 4.69) is 18.5 Å². The van der Waals surface area contributed by atoms with E-state index in [1.165, 1.54) is 0 Å². The Morgan fingerprint density at radius 2 is 1.95 bits per heavy atom. The maximum absolute atomic E-state index is 6.07. The summed E-state index contributed by atoms with van der Waals surface area (Å²) in [6, 6.07) is 9.79. The standard InChI is InChI=1S/C16H21NO2/c1-3-10-16(11-4-2)17-12-15(19-16)13-18-14-8-6-5-7-9-14/h3-9,15,17H,1-2,10-13H2. The first-order valence-corrected chi connectivity index (χ1v) is 6.60. The molecule has 2 rings (SSSR count). The minimum Gasteiger partial charge on any atom is -0.491 e. The first-order valence-electron chi connectivity index (χ1n) is 6.60. The molecule has 0 bridgehead atoms. The van der Waals surface area contributed by atoms with E-state index >= 15 is 0 Å². The second kappa shape index (κ2) is 6.55. The van der Waals surface area contributed by atoms with Crippen LogP contribution in [0.25, 0.3) is 0 Å². The molecule has 1 heterocycles. The van der Waals surface area contributed by atoms with Gasteiger partial charge in [0.1, 0.15) is 24.2 Å². The summed E-state index contributed by atoms with van der Waals surface area (Å²) < 4.78 is 11.8. The van der Waals surface area contributed by atoms with Crippen molar-refractivity contribution in [3.8, 4) is 5.75 Å². The van der Waals surface area contributed by atoms with Crippen molar-refractivity contribution in [1.82, 2.24) is 5.32 Å². The van der Waals surface area contributed by atoms with E-state index in [4.69, 9.17) is 9.47 Å². The van der Waals surface area contributed by atoms with Gasteiger partial charge in [0.05, 0.1) is 0 Å². The molecule has 3 heteroatoms. The Balaban J connectivity index is 1.87. The Morgan fingerprint density at radius 3 is 2.58 bits per heavy atom. The summed E-state index contributed by atoms with van der Waals surface area (Å²) in [5.74, 6) is 0.871. The molecule has 0 aromatic heterocycles. The Kier molecular flexibility index (Phi) is 4.77. The molecule has 1 aromatic rings. The molecule has 1 unspecified atom stereocenters. The first-order chi connectivity index (χ1) is 9.28. The maximum atomic E-state index is 6.07. The highest BCUT2D eigenvalue weighted by molar-refractivity contribution is 5.21. The van der Waals surface area contributed by atoms with E-state index in [1.807, 2.05) is 42.5 Å². The highest BCUT2D eigenvalue weighted by Crippen LogP contribution is 2.26. The summed E-state index contributed by atoms with van der Waals surface area (Å²) >= 11 is 0. The van der Waals surface area contributed by atoms with Crippen LogP contribution in [0.4, 0.5) is 0 Å². The third-order valence-corrected chi connectivity index (χ3v) is 3.17. The van der Waals surface area contributed by atoms with Gasteiger partial charge in [0.15, 0.2) is 0 Å². The number of hydrogen-bond acceptors (Lipinski definition) is 3. The smallest absolute Gasteiger partial charge is 0.126 e. The van der Waals surface area contributed by atoms with Crippen LogP contribution < -0.4 is 10.1 Å². The molecule has 1 saturated heterocycles. The van der Waals surface area contributed by atoms with Crippen molar-refractivity contribution >= 4 is 0 Å². The molecule has 0 aliphatic carbocycles. The Labute approximate surface area is 114 Å². The van der Waals surface area contributed by atoms with Gasteiger partial charge in [-0.15, -0.1) is 13.2 Å². The number of benzene rings is 1. The second-order valence-corrected chi connectivity index (χ2v) is 4.72. The van der Waals surface area contributed by atoms with Gasteiger partial charge in [-0.2, -0.15) is 0 Å². The molecule has 19 heavy (non-hydrogen) atoms. The van der Waals surface area contributed by atoms with Crippen molar-refractivity contribution in [2.24, 2.45) is 0 Å². The molecule has 0 saturated carbocycles. The SMILES string of the molecule is C=CCC1(CC=C)NCC(COc2ccccc2)O1. The maximum Gasteiger partial charge on any atom is 0.126 e. The third kappa shape index (κ3) is 3.69. The first kappa shape index (κ1) is 13.8. The lowest BCUT2D eigenvalue weighted by molar-refractivity contribution is -0.0587. The molecule has 0 amide bonds. The van der Waals surface area contributed by atoms with Crippen LogP contribution in [0.3, 0.4) is 0 Å². The number of nitrogens with one attached hydrogen (secondary N) is 1. The zero-order valence-corrected chi connectivity index (χ0v) is 11.2. The lowest BCUT2D eigenvalue weighted by atomic mass is 10.1. The Bertz CT molecular complexity index is 406. The van der Waals surface area contributed by atoms with Crippen LogP contribution in [0.15, 0.2) is 55.6 Å². The molecule has 0 spiro atoms. The predicted molar refractivity (Wildman–Crippen MR) is 77.2 cm³/mol. The minimum absolute atomic E-state index is 0.0557. The van der Waals surface area contributed by atoms with E-state index in [-0.39, 0.29) is 11.8 Å². The fourth-order valence-electron chi connectivity index (χ4n) is 2.29. The van der Waals surface area contributed by atoms with Crippen LogP contribution in [-0.2, 0) is 4.74 Å².